The lowest BCUT2D eigenvalue weighted by molar-refractivity contribution is 0.223. The third kappa shape index (κ3) is 5.62. The van der Waals surface area contributed by atoms with E-state index >= 15 is 0 Å². The molecule has 0 amide bonds. The third-order valence-electron chi connectivity index (χ3n) is 5.03. The molecule has 3 rings (SSSR count). The first-order valence-corrected chi connectivity index (χ1v) is 12.0. The molecule has 31 heavy (non-hydrogen) atoms. The largest absolute Gasteiger partial charge is 0.337 e. The fourth-order valence-corrected chi connectivity index (χ4v) is 4.25. The average molecular weight is 462 g/mol. The molecule has 11 heteroatoms. The molecule has 1 aliphatic heterocycles. The van der Waals surface area contributed by atoms with Crippen LogP contribution in [0.1, 0.15) is 13.8 Å². The van der Waals surface area contributed by atoms with Crippen LogP contribution in [0.25, 0.3) is 0 Å². The quantitative estimate of drug-likeness (QED) is 0.320. The number of halogens is 1. The molecule has 0 bridgehead atoms. The van der Waals surface area contributed by atoms with Crippen LogP contribution in [0.15, 0.2) is 46.4 Å². The second-order valence-electron chi connectivity index (χ2n) is 7.59. The topological polar surface area (TPSA) is 115 Å². The summed E-state index contributed by atoms with van der Waals surface area (Å²) in [5.41, 5.74) is 0.542. The van der Waals surface area contributed by atoms with Gasteiger partial charge in [0.1, 0.15) is 5.15 Å². The first kappa shape index (κ1) is 22.8. The molecule has 1 saturated heterocycles. The lowest BCUT2D eigenvalue weighted by Gasteiger charge is -2.44. The van der Waals surface area contributed by atoms with Gasteiger partial charge in [-0.1, -0.05) is 31.5 Å². The Labute approximate surface area is 187 Å². The lowest BCUT2D eigenvalue weighted by atomic mass is 10.00. The Balaban J connectivity index is 1.86. The van der Waals surface area contributed by atoms with E-state index in [0.717, 1.165) is 6.26 Å². The van der Waals surface area contributed by atoms with Crippen LogP contribution in [0.2, 0.25) is 5.15 Å². The monoisotopic (exact) mass is 461 g/mol. The number of nitrogens with zero attached hydrogens (tertiary/aromatic N) is 6. The van der Waals surface area contributed by atoms with Crippen molar-refractivity contribution in [3.8, 4) is 6.19 Å². The van der Waals surface area contributed by atoms with E-state index in [4.69, 9.17) is 11.6 Å². The molecular weight excluding hydrogens is 438 g/mol. The molecule has 0 aliphatic carbocycles. The Morgan fingerprint density at radius 3 is 2.77 bits per heavy atom. The zero-order valence-electron chi connectivity index (χ0n) is 17.5. The second kappa shape index (κ2) is 9.49. The van der Waals surface area contributed by atoms with Crippen LogP contribution >= 0.6 is 11.6 Å². The van der Waals surface area contributed by atoms with Crippen molar-refractivity contribution < 1.29 is 8.42 Å². The Morgan fingerprint density at radius 1 is 1.35 bits per heavy atom. The number of aromatic nitrogens is 2. The smallest absolute Gasteiger partial charge is 0.226 e. The van der Waals surface area contributed by atoms with Crippen LogP contribution in [0.5, 0.6) is 0 Å². The van der Waals surface area contributed by atoms with Gasteiger partial charge in [-0.25, -0.2) is 18.4 Å². The van der Waals surface area contributed by atoms with Crippen LogP contribution in [-0.4, -0.2) is 61.2 Å². The van der Waals surface area contributed by atoms with Crippen LogP contribution in [0.3, 0.4) is 0 Å². The standard InChI is InChI=1S/C20H24ClN7O2S/c1-14(2)17-12-27(19-23-8-7-18(21)26-19)9-10-28(17)20(24-13-22)25-15-5-4-6-16(11-15)31(3,29)30/h4-8,11,14,17H,9-10,12H2,1-3H3,(H,24,25). The van der Waals surface area contributed by atoms with Crippen LogP contribution in [0.4, 0.5) is 11.6 Å². The summed E-state index contributed by atoms with van der Waals surface area (Å²) < 4.78 is 23.8. The van der Waals surface area contributed by atoms with E-state index < -0.39 is 9.84 Å². The number of nitriles is 1. The highest BCUT2D eigenvalue weighted by Gasteiger charge is 2.33. The van der Waals surface area contributed by atoms with E-state index in [9.17, 15) is 13.7 Å². The number of piperazine rings is 1. The van der Waals surface area contributed by atoms with Gasteiger partial charge in [0.05, 0.1) is 10.9 Å². The minimum absolute atomic E-state index is 0.00835. The molecule has 1 aromatic heterocycles. The number of guanidine groups is 1. The van der Waals surface area contributed by atoms with Crippen molar-refractivity contribution in [2.45, 2.75) is 24.8 Å². The molecule has 0 saturated carbocycles. The van der Waals surface area contributed by atoms with Gasteiger partial charge in [-0.05, 0) is 30.2 Å². The number of aliphatic imine (C=N–C) groups is 1. The lowest BCUT2D eigenvalue weighted by Crippen LogP contribution is -2.59. The number of hydrogen-bond acceptors (Lipinski definition) is 7. The molecule has 0 radical (unpaired) electrons. The van der Waals surface area contributed by atoms with Crippen LogP contribution in [-0.2, 0) is 9.84 Å². The average Bonchev–Trinajstić information content (AvgIpc) is 2.72. The highest BCUT2D eigenvalue weighted by molar-refractivity contribution is 7.90. The Bertz CT molecular complexity index is 1110. The van der Waals surface area contributed by atoms with Crippen molar-refractivity contribution in [3.05, 3.63) is 41.7 Å². The maximum absolute atomic E-state index is 11.9. The summed E-state index contributed by atoms with van der Waals surface area (Å²) in [5, 5.41) is 12.8. The molecular formula is C20H24ClN7O2S. The summed E-state index contributed by atoms with van der Waals surface area (Å²) >= 11 is 6.02. The molecule has 1 atom stereocenters. The maximum Gasteiger partial charge on any atom is 0.226 e. The van der Waals surface area contributed by atoms with Gasteiger partial charge >= 0.3 is 0 Å². The highest BCUT2D eigenvalue weighted by Crippen LogP contribution is 2.23. The van der Waals surface area contributed by atoms with E-state index in [-0.39, 0.29) is 16.9 Å². The van der Waals surface area contributed by atoms with Gasteiger partial charge in [0.2, 0.25) is 18.1 Å². The predicted molar refractivity (Wildman–Crippen MR) is 121 cm³/mol. The van der Waals surface area contributed by atoms with Crippen molar-refractivity contribution in [1.29, 1.82) is 5.26 Å². The van der Waals surface area contributed by atoms with Crippen LogP contribution < -0.4 is 10.2 Å². The highest BCUT2D eigenvalue weighted by atomic mass is 35.5. The molecule has 164 valence electrons. The molecule has 1 N–H and O–H groups in total. The van der Waals surface area contributed by atoms with Crippen molar-refractivity contribution in [1.82, 2.24) is 14.9 Å². The summed E-state index contributed by atoms with van der Waals surface area (Å²) in [6.45, 7) is 5.98. The SMILES string of the molecule is CC(C)C1CN(c2nccc(Cl)n2)CCN1/C(=N\C#N)Nc1cccc(S(C)(=O)=O)c1. The van der Waals surface area contributed by atoms with Gasteiger partial charge in [0, 0.05) is 37.8 Å². The van der Waals surface area contributed by atoms with Gasteiger partial charge < -0.3 is 15.1 Å². The summed E-state index contributed by atoms with van der Waals surface area (Å²) in [4.78, 5) is 16.9. The second-order valence-corrected chi connectivity index (χ2v) is 9.99. The zero-order valence-corrected chi connectivity index (χ0v) is 19.1. The van der Waals surface area contributed by atoms with Gasteiger partial charge in [-0.15, -0.1) is 4.99 Å². The normalized spacial score (nSPS) is 17.5. The maximum atomic E-state index is 11.9. The number of benzene rings is 1. The van der Waals surface area contributed by atoms with E-state index in [0.29, 0.717) is 42.4 Å². The van der Waals surface area contributed by atoms with E-state index in [1.165, 1.54) is 12.1 Å². The molecule has 2 aromatic rings. The zero-order chi connectivity index (χ0) is 22.6. The molecule has 9 nitrogen and oxygen atoms in total. The van der Waals surface area contributed by atoms with Gasteiger partial charge in [-0.3, -0.25) is 0 Å². The molecule has 1 aromatic carbocycles. The van der Waals surface area contributed by atoms with Crippen molar-refractivity contribution >= 4 is 39.0 Å². The number of anilines is 2. The molecule has 1 aliphatic rings. The Kier molecular flexibility index (Phi) is 6.97. The fourth-order valence-electron chi connectivity index (χ4n) is 3.45. The Morgan fingerprint density at radius 2 is 2.13 bits per heavy atom. The number of hydrogen-bond donors (Lipinski definition) is 1. The number of sulfone groups is 1. The van der Waals surface area contributed by atoms with Crippen molar-refractivity contribution in [2.75, 3.05) is 36.1 Å². The molecule has 0 spiro atoms. The van der Waals surface area contributed by atoms with Gasteiger partial charge in [0.15, 0.2) is 9.84 Å². The molecule has 1 unspecified atom stereocenters. The summed E-state index contributed by atoms with van der Waals surface area (Å²) in [6, 6.07) is 8.09. The number of nitrogens with one attached hydrogen (secondary N) is 1. The Hall–Kier alpha value is -2.90. The minimum Gasteiger partial charge on any atom is -0.337 e. The summed E-state index contributed by atoms with van der Waals surface area (Å²) in [7, 11) is -3.35. The minimum atomic E-state index is -3.35. The van der Waals surface area contributed by atoms with Gasteiger partial charge in [-0.2, -0.15) is 5.26 Å². The molecule has 2 heterocycles. The van der Waals surface area contributed by atoms with Gasteiger partial charge in [0.25, 0.3) is 0 Å². The van der Waals surface area contributed by atoms with E-state index in [1.54, 1.807) is 24.4 Å². The molecule has 1 fully saturated rings. The first-order valence-electron chi connectivity index (χ1n) is 9.73. The first-order chi connectivity index (χ1) is 14.7. The fraction of sp³-hybridized carbons (Fsp3) is 0.400. The summed E-state index contributed by atoms with van der Waals surface area (Å²) in [5.74, 6) is 1.17. The predicted octanol–water partition coefficient (Wildman–Crippen LogP) is 2.63. The third-order valence-corrected chi connectivity index (χ3v) is 6.35. The van der Waals surface area contributed by atoms with Crippen molar-refractivity contribution in [2.24, 2.45) is 10.9 Å². The van der Waals surface area contributed by atoms with E-state index in [1.807, 2.05) is 11.1 Å². The van der Waals surface area contributed by atoms with Crippen molar-refractivity contribution in [3.63, 3.8) is 0 Å². The summed E-state index contributed by atoms with van der Waals surface area (Å²) in [6.07, 6.45) is 4.63. The van der Waals surface area contributed by atoms with E-state index in [2.05, 4.69) is 39.0 Å². The van der Waals surface area contributed by atoms with Crippen LogP contribution in [0, 0.1) is 17.4 Å². The number of rotatable bonds is 4.